The molecule has 10 rings (SSSR count). The summed E-state index contributed by atoms with van der Waals surface area (Å²) in [6, 6.07) is 65.1. The van der Waals surface area contributed by atoms with Crippen molar-refractivity contribution in [2.24, 2.45) is 0 Å². The van der Waals surface area contributed by atoms with E-state index in [9.17, 15) is 0 Å². The van der Waals surface area contributed by atoms with Gasteiger partial charge in [-0.05, 0) is 74.5 Å². The maximum atomic E-state index is 6.58. The van der Waals surface area contributed by atoms with Gasteiger partial charge in [-0.1, -0.05) is 158 Å². The van der Waals surface area contributed by atoms with E-state index >= 15 is 0 Å². The second kappa shape index (κ2) is 12.9. The molecule has 10 aromatic rings. The summed E-state index contributed by atoms with van der Waals surface area (Å²) in [6.45, 7) is 0. The highest BCUT2D eigenvalue weighted by Gasteiger charge is 2.21. The number of furan rings is 1. The van der Waals surface area contributed by atoms with Crippen LogP contribution in [0.3, 0.4) is 0 Å². The SMILES string of the molecule is c1ccc(-c2ccc(-c3nc(-c4ccccc4)nc(-c4cc(-c5cccc6ccccc56)cc5oc6ccccc6c45)n3)c(-c3ccccc3)c2)cc1. The van der Waals surface area contributed by atoms with Crippen molar-refractivity contribution in [3.8, 4) is 67.5 Å². The van der Waals surface area contributed by atoms with Crippen LogP contribution in [0.2, 0.25) is 0 Å². The molecule has 0 bridgehead atoms. The second-order valence-electron chi connectivity index (χ2n) is 13.2. The Labute approximate surface area is 306 Å². The maximum absolute atomic E-state index is 6.58. The van der Waals surface area contributed by atoms with Gasteiger partial charge in [0.25, 0.3) is 0 Å². The molecule has 0 unspecified atom stereocenters. The zero-order valence-electron chi connectivity index (χ0n) is 28.6. The summed E-state index contributed by atoms with van der Waals surface area (Å²) in [4.78, 5) is 15.8. The third-order valence-corrected chi connectivity index (χ3v) is 9.94. The van der Waals surface area contributed by atoms with Gasteiger partial charge in [-0.3, -0.25) is 0 Å². The first-order chi connectivity index (χ1) is 26.3. The largest absolute Gasteiger partial charge is 0.456 e. The van der Waals surface area contributed by atoms with E-state index in [1.54, 1.807) is 0 Å². The molecule has 0 amide bonds. The number of hydrogen-bond donors (Lipinski definition) is 0. The van der Waals surface area contributed by atoms with E-state index in [1.807, 2.05) is 48.5 Å². The smallest absolute Gasteiger partial charge is 0.164 e. The van der Waals surface area contributed by atoms with Gasteiger partial charge in [0.1, 0.15) is 11.2 Å². The average Bonchev–Trinajstić information content (AvgIpc) is 3.62. The molecule has 4 nitrogen and oxygen atoms in total. The highest BCUT2D eigenvalue weighted by atomic mass is 16.3. The van der Waals surface area contributed by atoms with Crippen molar-refractivity contribution >= 4 is 32.7 Å². The molecule has 0 aliphatic carbocycles. The Balaban J connectivity index is 1.27. The molecule has 0 aliphatic heterocycles. The molecule has 2 aromatic heterocycles. The minimum atomic E-state index is 0.582. The Hall–Kier alpha value is -7.17. The second-order valence-corrected chi connectivity index (χ2v) is 13.2. The number of aromatic nitrogens is 3. The summed E-state index contributed by atoms with van der Waals surface area (Å²) in [5, 5.41) is 4.34. The summed E-state index contributed by atoms with van der Waals surface area (Å²) in [5.74, 6) is 1.79. The fraction of sp³-hybridized carbons (Fsp3) is 0. The van der Waals surface area contributed by atoms with Crippen molar-refractivity contribution in [1.29, 1.82) is 0 Å². The summed E-state index contributed by atoms with van der Waals surface area (Å²) in [7, 11) is 0. The van der Waals surface area contributed by atoms with Gasteiger partial charge in [-0.25, -0.2) is 15.0 Å². The Bertz CT molecular complexity index is 2930. The van der Waals surface area contributed by atoms with Gasteiger partial charge in [0.2, 0.25) is 0 Å². The monoisotopic (exact) mass is 677 g/mol. The standard InChI is InChI=1S/C49H31N3O/c1-4-15-32(16-5-1)36-27-28-40(42(29-36)34-17-6-2-7-18-34)48-50-47(35-20-8-3-9-21-35)51-49(52-48)43-30-37(39-25-14-22-33-19-10-11-23-38(33)39)31-45-46(43)41-24-12-13-26-44(41)53-45/h1-31H. The molecule has 8 aromatic carbocycles. The summed E-state index contributed by atoms with van der Waals surface area (Å²) < 4.78 is 6.58. The van der Waals surface area contributed by atoms with E-state index in [0.29, 0.717) is 17.5 Å². The predicted octanol–water partition coefficient (Wildman–Crippen LogP) is 12.9. The van der Waals surface area contributed by atoms with Crippen LogP contribution in [-0.2, 0) is 0 Å². The number of rotatable bonds is 6. The third kappa shape index (κ3) is 5.54. The summed E-state index contributed by atoms with van der Waals surface area (Å²) in [6.07, 6.45) is 0. The summed E-state index contributed by atoms with van der Waals surface area (Å²) in [5.41, 5.74) is 10.9. The number of benzene rings is 8. The molecular weight excluding hydrogens is 647 g/mol. The van der Waals surface area contributed by atoms with Crippen LogP contribution in [0.25, 0.3) is 100 Å². The van der Waals surface area contributed by atoms with Crippen LogP contribution < -0.4 is 0 Å². The maximum Gasteiger partial charge on any atom is 0.164 e. The predicted molar refractivity (Wildman–Crippen MR) is 217 cm³/mol. The van der Waals surface area contributed by atoms with Crippen LogP contribution in [-0.4, -0.2) is 15.0 Å². The molecule has 0 radical (unpaired) electrons. The Morgan fingerprint density at radius 2 is 0.887 bits per heavy atom. The molecule has 0 N–H and O–H groups in total. The zero-order valence-corrected chi connectivity index (χ0v) is 28.6. The highest BCUT2D eigenvalue weighted by Crippen LogP contribution is 2.42. The van der Waals surface area contributed by atoms with Crippen LogP contribution in [0.4, 0.5) is 0 Å². The molecule has 53 heavy (non-hydrogen) atoms. The average molecular weight is 678 g/mol. The molecule has 248 valence electrons. The van der Waals surface area contributed by atoms with Gasteiger partial charge in [-0.2, -0.15) is 0 Å². The Morgan fingerprint density at radius 3 is 1.66 bits per heavy atom. The Kier molecular flexibility index (Phi) is 7.43. The molecule has 0 fully saturated rings. The van der Waals surface area contributed by atoms with E-state index in [-0.39, 0.29) is 0 Å². The Morgan fingerprint density at radius 1 is 0.302 bits per heavy atom. The van der Waals surface area contributed by atoms with E-state index in [2.05, 4.69) is 140 Å². The number of para-hydroxylation sites is 1. The molecule has 0 saturated carbocycles. The van der Waals surface area contributed by atoms with Gasteiger partial charge in [0.05, 0.1) is 0 Å². The molecule has 0 saturated heterocycles. The van der Waals surface area contributed by atoms with Crippen molar-refractivity contribution in [3.05, 3.63) is 188 Å². The zero-order chi connectivity index (χ0) is 35.1. The molecule has 2 heterocycles. The van der Waals surface area contributed by atoms with E-state index in [4.69, 9.17) is 19.4 Å². The number of hydrogen-bond acceptors (Lipinski definition) is 4. The minimum absolute atomic E-state index is 0.582. The van der Waals surface area contributed by atoms with Gasteiger partial charge < -0.3 is 4.42 Å². The first kappa shape index (κ1) is 30.6. The molecule has 0 atom stereocenters. The minimum Gasteiger partial charge on any atom is -0.456 e. The van der Waals surface area contributed by atoms with Crippen molar-refractivity contribution in [2.45, 2.75) is 0 Å². The van der Waals surface area contributed by atoms with Crippen molar-refractivity contribution in [1.82, 2.24) is 15.0 Å². The molecular formula is C49H31N3O. The summed E-state index contributed by atoms with van der Waals surface area (Å²) >= 11 is 0. The van der Waals surface area contributed by atoms with Crippen molar-refractivity contribution in [2.75, 3.05) is 0 Å². The first-order valence-electron chi connectivity index (χ1n) is 17.8. The normalized spacial score (nSPS) is 11.4. The highest BCUT2D eigenvalue weighted by molar-refractivity contribution is 6.14. The van der Waals surface area contributed by atoms with E-state index in [0.717, 1.165) is 72.0 Å². The first-order valence-corrected chi connectivity index (χ1v) is 17.8. The number of nitrogens with zero attached hydrogens (tertiary/aromatic N) is 3. The number of fused-ring (bicyclic) bond motifs is 4. The van der Waals surface area contributed by atoms with Gasteiger partial charge >= 0.3 is 0 Å². The van der Waals surface area contributed by atoms with Crippen molar-refractivity contribution in [3.63, 3.8) is 0 Å². The van der Waals surface area contributed by atoms with Crippen molar-refractivity contribution < 1.29 is 4.42 Å². The van der Waals surface area contributed by atoms with Crippen LogP contribution in [0.5, 0.6) is 0 Å². The lowest BCUT2D eigenvalue weighted by atomic mass is 9.93. The van der Waals surface area contributed by atoms with Crippen LogP contribution >= 0.6 is 0 Å². The molecule has 4 heteroatoms. The van der Waals surface area contributed by atoms with E-state index in [1.165, 1.54) is 10.8 Å². The fourth-order valence-corrected chi connectivity index (χ4v) is 7.40. The third-order valence-electron chi connectivity index (χ3n) is 9.94. The molecule has 0 aliphatic rings. The van der Waals surface area contributed by atoms with Crippen LogP contribution in [0.1, 0.15) is 0 Å². The lowest BCUT2D eigenvalue weighted by Gasteiger charge is -2.15. The van der Waals surface area contributed by atoms with Crippen LogP contribution in [0.15, 0.2) is 192 Å². The quantitative estimate of drug-likeness (QED) is 0.176. The lowest BCUT2D eigenvalue weighted by Crippen LogP contribution is -2.02. The van der Waals surface area contributed by atoms with Gasteiger partial charge in [0, 0.05) is 27.5 Å². The van der Waals surface area contributed by atoms with Crippen LogP contribution in [0, 0.1) is 0 Å². The lowest BCUT2D eigenvalue weighted by molar-refractivity contribution is 0.669. The topological polar surface area (TPSA) is 51.8 Å². The fourth-order valence-electron chi connectivity index (χ4n) is 7.40. The molecule has 0 spiro atoms. The van der Waals surface area contributed by atoms with Gasteiger partial charge in [-0.15, -0.1) is 0 Å². The van der Waals surface area contributed by atoms with E-state index < -0.39 is 0 Å². The van der Waals surface area contributed by atoms with Gasteiger partial charge in [0.15, 0.2) is 17.5 Å².